The zero-order chi connectivity index (χ0) is 12.0. The van der Waals surface area contributed by atoms with E-state index in [1.807, 2.05) is 0 Å². The molecule has 16 heavy (non-hydrogen) atoms. The Morgan fingerprint density at radius 1 is 1.19 bits per heavy atom. The highest BCUT2D eigenvalue weighted by molar-refractivity contribution is 5.54. The van der Waals surface area contributed by atoms with Crippen molar-refractivity contribution in [3.05, 3.63) is 29.6 Å². The lowest BCUT2D eigenvalue weighted by molar-refractivity contribution is 0.281. The van der Waals surface area contributed by atoms with Crippen LogP contribution < -0.4 is 10.6 Å². The number of hydrogen-bond donors (Lipinski definition) is 3. The van der Waals surface area contributed by atoms with Crippen molar-refractivity contribution in [1.29, 1.82) is 0 Å². The Kier molecular flexibility index (Phi) is 5.18. The maximum Gasteiger partial charge on any atom is 0.129 e. The molecule has 0 bridgehead atoms. The van der Waals surface area contributed by atoms with E-state index in [9.17, 15) is 4.39 Å². The second-order valence-corrected chi connectivity index (χ2v) is 3.38. The van der Waals surface area contributed by atoms with Crippen LogP contribution in [0.4, 0.5) is 10.1 Å². The van der Waals surface area contributed by atoms with Crippen LogP contribution >= 0.6 is 0 Å². The summed E-state index contributed by atoms with van der Waals surface area (Å²) in [5, 5.41) is 17.8. The molecule has 0 saturated heterocycles. The summed E-state index contributed by atoms with van der Waals surface area (Å²) in [5.74, 6) is -0.360. The van der Waals surface area contributed by atoms with Crippen LogP contribution in [0.15, 0.2) is 18.2 Å². The SMILES string of the molecule is NCc1c(F)cccc1N(CCO)CCO. The van der Waals surface area contributed by atoms with Gasteiger partial charge in [0.2, 0.25) is 0 Å². The molecule has 0 unspecified atom stereocenters. The van der Waals surface area contributed by atoms with E-state index in [0.29, 0.717) is 24.3 Å². The number of aliphatic hydroxyl groups excluding tert-OH is 2. The molecule has 1 aromatic carbocycles. The summed E-state index contributed by atoms with van der Waals surface area (Å²) in [6.07, 6.45) is 0. The Balaban J connectivity index is 3.02. The normalized spacial score (nSPS) is 10.5. The molecule has 90 valence electrons. The van der Waals surface area contributed by atoms with Gasteiger partial charge < -0.3 is 20.8 Å². The fourth-order valence-corrected chi connectivity index (χ4v) is 1.64. The summed E-state index contributed by atoms with van der Waals surface area (Å²) in [5.41, 5.74) is 6.53. The zero-order valence-corrected chi connectivity index (χ0v) is 9.06. The second kappa shape index (κ2) is 6.42. The van der Waals surface area contributed by atoms with Crippen molar-refractivity contribution in [3.8, 4) is 0 Å². The lowest BCUT2D eigenvalue weighted by atomic mass is 10.1. The summed E-state index contributed by atoms with van der Waals surface area (Å²) < 4.78 is 13.5. The predicted octanol–water partition coefficient (Wildman–Crippen LogP) is 0.0754. The van der Waals surface area contributed by atoms with Crippen LogP contribution in [0, 0.1) is 5.82 Å². The monoisotopic (exact) mass is 228 g/mol. The maximum absolute atomic E-state index is 13.5. The standard InChI is InChI=1S/C11H17FN2O2/c12-10-2-1-3-11(9(10)8-13)14(4-6-15)5-7-16/h1-3,15-16H,4-8,13H2. The van der Waals surface area contributed by atoms with Crippen molar-refractivity contribution in [2.24, 2.45) is 5.73 Å². The number of halogens is 1. The molecule has 0 amide bonds. The second-order valence-electron chi connectivity index (χ2n) is 3.38. The number of aliphatic hydroxyl groups is 2. The molecule has 0 radical (unpaired) electrons. The molecule has 0 saturated carbocycles. The third-order valence-corrected chi connectivity index (χ3v) is 2.38. The number of nitrogens with zero attached hydrogens (tertiary/aromatic N) is 1. The summed E-state index contributed by atoms with van der Waals surface area (Å²) in [7, 11) is 0. The van der Waals surface area contributed by atoms with E-state index < -0.39 is 0 Å². The Labute approximate surface area is 94.1 Å². The Morgan fingerprint density at radius 3 is 2.31 bits per heavy atom. The minimum Gasteiger partial charge on any atom is -0.395 e. The van der Waals surface area contributed by atoms with Crippen LogP contribution in [0.3, 0.4) is 0 Å². The van der Waals surface area contributed by atoms with Crippen molar-refractivity contribution in [1.82, 2.24) is 0 Å². The lowest BCUT2D eigenvalue weighted by Gasteiger charge is -2.25. The van der Waals surface area contributed by atoms with E-state index in [-0.39, 0.29) is 25.6 Å². The smallest absolute Gasteiger partial charge is 0.129 e. The van der Waals surface area contributed by atoms with E-state index in [0.717, 1.165) is 0 Å². The van der Waals surface area contributed by atoms with Crippen molar-refractivity contribution >= 4 is 5.69 Å². The molecule has 0 aromatic heterocycles. The van der Waals surface area contributed by atoms with Gasteiger partial charge in [-0.2, -0.15) is 0 Å². The number of rotatable bonds is 6. The van der Waals surface area contributed by atoms with Gasteiger partial charge in [-0.3, -0.25) is 0 Å². The van der Waals surface area contributed by atoms with E-state index in [4.69, 9.17) is 15.9 Å². The fourth-order valence-electron chi connectivity index (χ4n) is 1.64. The van der Waals surface area contributed by atoms with E-state index >= 15 is 0 Å². The summed E-state index contributed by atoms with van der Waals surface area (Å²) in [6.45, 7) is 0.671. The first-order valence-corrected chi connectivity index (χ1v) is 5.18. The molecule has 1 aromatic rings. The van der Waals surface area contributed by atoms with E-state index in [1.54, 1.807) is 17.0 Å². The Bertz CT molecular complexity index is 328. The van der Waals surface area contributed by atoms with Crippen LogP contribution in [-0.4, -0.2) is 36.5 Å². The van der Waals surface area contributed by atoms with Gasteiger partial charge >= 0.3 is 0 Å². The fraction of sp³-hybridized carbons (Fsp3) is 0.455. The number of benzene rings is 1. The summed E-state index contributed by atoms with van der Waals surface area (Å²) in [6, 6.07) is 4.67. The van der Waals surface area contributed by atoms with Crippen LogP contribution in [0.2, 0.25) is 0 Å². The van der Waals surface area contributed by atoms with Gasteiger partial charge in [-0.25, -0.2) is 4.39 Å². The van der Waals surface area contributed by atoms with Gasteiger partial charge in [-0.15, -0.1) is 0 Å². The largest absolute Gasteiger partial charge is 0.395 e. The molecular weight excluding hydrogens is 211 g/mol. The Hall–Kier alpha value is -1.17. The average molecular weight is 228 g/mol. The molecule has 0 aliphatic heterocycles. The first-order valence-electron chi connectivity index (χ1n) is 5.18. The average Bonchev–Trinajstić information content (AvgIpc) is 2.28. The third-order valence-electron chi connectivity index (χ3n) is 2.38. The van der Waals surface area contributed by atoms with Crippen LogP contribution in [0.25, 0.3) is 0 Å². The minimum absolute atomic E-state index is 0.0550. The molecule has 1 rings (SSSR count). The minimum atomic E-state index is -0.360. The molecule has 0 spiro atoms. The predicted molar refractivity (Wildman–Crippen MR) is 60.7 cm³/mol. The van der Waals surface area contributed by atoms with Crippen molar-refractivity contribution < 1.29 is 14.6 Å². The molecule has 0 aliphatic rings. The highest BCUT2D eigenvalue weighted by Gasteiger charge is 2.12. The molecule has 5 heteroatoms. The highest BCUT2D eigenvalue weighted by atomic mass is 19.1. The first-order chi connectivity index (χ1) is 7.74. The Morgan fingerprint density at radius 2 is 1.81 bits per heavy atom. The molecular formula is C11H17FN2O2. The van der Waals surface area contributed by atoms with E-state index in [2.05, 4.69) is 0 Å². The quantitative estimate of drug-likeness (QED) is 0.644. The van der Waals surface area contributed by atoms with Gasteiger partial charge in [0.25, 0.3) is 0 Å². The van der Waals surface area contributed by atoms with Gasteiger partial charge in [0.15, 0.2) is 0 Å². The summed E-state index contributed by atoms with van der Waals surface area (Å²) in [4.78, 5) is 1.71. The topological polar surface area (TPSA) is 69.7 Å². The van der Waals surface area contributed by atoms with Crippen molar-refractivity contribution in [3.63, 3.8) is 0 Å². The van der Waals surface area contributed by atoms with Crippen molar-refractivity contribution in [2.75, 3.05) is 31.2 Å². The van der Waals surface area contributed by atoms with Gasteiger partial charge in [-0.05, 0) is 12.1 Å². The number of hydrogen-bond acceptors (Lipinski definition) is 4. The first kappa shape index (κ1) is 12.9. The highest BCUT2D eigenvalue weighted by Crippen LogP contribution is 2.22. The molecule has 4 N–H and O–H groups in total. The van der Waals surface area contributed by atoms with Gasteiger partial charge in [0.05, 0.1) is 13.2 Å². The van der Waals surface area contributed by atoms with Crippen LogP contribution in [0.1, 0.15) is 5.56 Å². The number of anilines is 1. The number of nitrogens with two attached hydrogens (primary N) is 1. The molecule has 0 aliphatic carbocycles. The molecule has 0 fully saturated rings. The lowest BCUT2D eigenvalue weighted by Crippen LogP contribution is -2.31. The zero-order valence-electron chi connectivity index (χ0n) is 9.06. The maximum atomic E-state index is 13.5. The molecule has 4 nitrogen and oxygen atoms in total. The molecule has 0 heterocycles. The van der Waals surface area contributed by atoms with Gasteiger partial charge in [0.1, 0.15) is 5.82 Å². The van der Waals surface area contributed by atoms with E-state index in [1.165, 1.54) is 6.07 Å². The van der Waals surface area contributed by atoms with Crippen molar-refractivity contribution in [2.45, 2.75) is 6.54 Å². The van der Waals surface area contributed by atoms with Gasteiger partial charge in [0, 0.05) is 30.9 Å². The third kappa shape index (κ3) is 2.91. The molecule has 0 atom stereocenters. The van der Waals surface area contributed by atoms with Crippen LogP contribution in [-0.2, 0) is 6.54 Å². The van der Waals surface area contributed by atoms with Crippen LogP contribution in [0.5, 0.6) is 0 Å². The van der Waals surface area contributed by atoms with Gasteiger partial charge in [-0.1, -0.05) is 6.07 Å². The summed E-state index contributed by atoms with van der Waals surface area (Å²) >= 11 is 0.